The molecular weight excluding hydrogens is 404 g/mol. The van der Waals surface area contributed by atoms with Gasteiger partial charge in [-0.05, 0) is 12.1 Å². The van der Waals surface area contributed by atoms with E-state index in [0.717, 1.165) is 50.6 Å². The highest BCUT2D eigenvalue weighted by atomic mass is 32.1. The van der Waals surface area contributed by atoms with Gasteiger partial charge in [-0.2, -0.15) is 5.10 Å². The summed E-state index contributed by atoms with van der Waals surface area (Å²) in [6, 6.07) is 7.82. The summed E-state index contributed by atoms with van der Waals surface area (Å²) in [7, 11) is 1.50. The van der Waals surface area contributed by atoms with Crippen LogP contribution < -0.4 is 10.2 Å². The Morgan fingerprint density at radius 1 is 1.33 bits per heavy atom. The zero-order chi connectivity index (χ0) is 20.5. The first-order chi connectivity index (χ1) is 14.7. The standard InChI is InChI=1S/C20H20N6O3S/c1-28-11-16(27)23-17-9-15-18(30-17)20(26-5-7-29-8-6-26)24-19(22-15)12-3-2-4-14-13(12)10-21-25-14/h2-4,9-10H,5-8,11H2,1H3,(H,21,25)(H,23,27). The molecule has 1 fully saturated rings. The lowest BCUT2D eigenvalue weighted by atomic mass is 10.1. The Hall–Kier alpha value is -3.08. The summed E-state index contributed by atoms with van der Waals surface area (Å²) in [5, 5.41) is 11.7. The Kier molecular flexibility index (Phi) is 5.03. The smallest absolute Gasteiger partial charge is 0.250 e. The lowest BCUT2D eigenvalue weighted by Gasteiger charge is -2.28. The van der Waals surface area contributed by atoms with E-state index in [2.05, 4.69) is 20.4 Å². The summed E-state index contributed by atoms with van der Waals surface area (Å²) < 4.78 is 11.4. The highest BCUT2D eigenvalue weighted by molar-refractivity contribution is 7.23. The maximum atomic E-state index is 12.0. The van der Waals surface area contributed by atoms with Gasteiger partial charge in [-0.25, -0.2) is 9.97 Å². The molecule has 4 aromatic rings. The number of ether oxygens (including phenoxy) is 2. The number of H-pyrrole nitrogens is 1. The normalized spacial score (nSPS) is 14.5. The van der Waals surface area contributed by atoms with Crippen molar-refractivity contribution in [3.8, 4) is 11.4 Å². The fourth-order valence-electron chi connectivity index (χ4n) is 3.55. The van der Waals surface area contributed by atoms with Crippen molar-refractivity contribution in [1.29, 1.82) is 0 Å². The fraction of sp³-hybridized carbons (Fsp3) is 0.300. The van der Waals surface area contributed by atoms with Crippen LogP contribution in [0.2, 0.25) is 0 Å². The zero-order valence-corrected chi connectivity index (χ0v) is 17.2. The molecule has 0 radical (unpaired) electrons. The fourth-order valence-corrected chi connectivity index (χ4v) is 4.58. The number of carbonyl (C=O) groups excluding carboxylic acids is 1. The number of aromatic amines is 1. The molecule has 2 N–H and O–H groups in total. The molecule has 0 aliphatic carbocycles. The van der Waals surface area contributed by atoms with Gasteiger partial charge in [0.05, 0.1) is 40.1 Å². The summed E-state index contributed by atoms with van der Waals surface area (Å²) in [5.74, 6) is 1.29. The van der Waals surface area contributed by atoms with Crippen LogP contribution in [-0.2, 0) is 14.3 Å². The molecule has 10 heteroatoms. The minimum Gasteiger partial charge on any atom is -0.378 e. The van der Waals surface area contributed by atoms with Gasteiger partial charge in [-0.3, -0.25) is 9.89 Å². The molecule has 1 aromatic carbocycles. The molecule has 0 spiro atoms. The second-order valence-electron chi connectivity index (χ2n) is 6.91. The van der Waals surface area contributed by atoms with Crippen molar-refractivity contribution in [3.63, 3.8) is 0 Å². The largest absolute Gasteiger partial charge is 0.378 e. The van der Waals surface area contributed by atoms with Crippen molar-refractivity contribution in [2.24, 2.45) is 0 Å². The number of thiophene rings is 1. The number of rotatable bonds is 5. The summed E-state index contributed by atoms with van der Waals surface area (Å²) in [6.07, 6.45) is 1.79. The molecule has 9 nitrogen and oxygen atoms in total. The van der Waals surface area contributed by atoms with Gasteiger partial charge in [0.1, 0.15) is 6.61 Å². The predicted octanol–water partition coefficient (Wildman–Crippen LogP) is 2.66. The average Bonchev–Trinajstić information content (AvgIpc) is 3.40. The third-order valence-corrected chi connectivity index (χ3v) is 5.96. The van der Waals surface area contributed by atoms with Gasteiger partial charge in [0.2, 0.25) is 0 Å². The molecule has 30 heavy (non-hydrogen) atoms. The van der Waals surface area contributed by atoms with E-state index in [1.165, 1.54) is 18.4 Å². The van der Waals surface area contributed by atoms with Crippen LogP contribution in [-0.4, -0.2) is 66.1 Å². The van der Waals surface area contributed by atoms with Crippen molar-refractivity contribution in [2.75, 3.05) is 50.2 Å². The van der Waals surface area contributed by atoms with Gasteiger partial charge in [0, 0.05) is 31.1 Å². The van der Waals surface area contributed by atoms with Gasteiger partial charge in [0.25, 0.3) is 5.91 Å². The first kappa shape index (κ1) is 18.9. The lowest BCUT2D eigenvalue weighted by molar-refractivity contribution is -0.119. The van der Waals surface area contributed by atoms with Crippen LogP contribution in [0.4, 0.5) is 10.8 Å². The van der Waals surface area contributed by atoms with E-state index < -0.39 is 0 Å². The molecule has 1 aliphatic rings. The summed E-state index contributed by atoms with van der Waals surface area (Å²) in [5.41, 5.74) is 2.63. The molecule has 154 valence electrons. The molecule has 1 amide bonds. The Morgan fingerprint density at radius 3 is 3.03 bits per heavy atom. The van der Waals surface area contributed by atoms with Crippen molar-refractivity contribution in [3.05, 3.63) is 30.5 Å². The number of methoxy groups -OCH3 is 1. The summed E-state index contributed by atoms with van der Waals surface area (Å²) >= 11 is 1.47. The van der Waals surface area contributed by atoms with Gasteiger partial charge in [0.15, 0.2) is 11.6 Å². The number of aromatic nitrogens is 4. The van der Waals surface area contributed by atoms with Crippen LogP contribution in [0.15, 0.2) is 30.5 Å². The van der Waals surface area contributed by atoms with E-state index in [9.17, 15) is 4.79 Å². The molecule has 1 aliphatic heterocycles. The maximum absolute atomic E-state index is 12.0. The molecule has 3 aromatic heterocycles. The monoisotopic (exact) mass is 424 g/mol. The van der Waals surface area contributed by atoms with Gasteiger partial charge >= 0.3 is 0 Å². The topological polar surface area (TPSA) is 105 Å². The number of hydrogen-bond donors (Lipinski definition) is 2. The molecule has 0 unspecified atom stereocenters. The molecule has 5 rings (SSSR count). The van der Waals surface area contributed by atoms with Crippen molar-refractivity contribution < 1.29 is 14.3 Å². The van der Waals surface area contributed by atoms with Crippen LogP contribution in [0, 0.1) is 0 Å². The Morgan fingerprint density at radius 2 is 2.20 bits per heavy atom. The quantitative estimate of drug-likeness (QED) is 0.507. The highest BCUT2D eigenvalue weighted by Crippen LogP contribution is 2.37. The third-order valence-electron chi connectivity index (χ3n) is 4.93. The maximum Gasteiger partial charge on any atom is 0.250 e. The number of nitrogens with zero attached hydrogens (tertiary/aromatic N) is 4. The number of morpholine rings is 1. The van der Waals surface area contributed by atoms with Crippen molar-refractivity contribution in [2.45, 2.75) is 0 Å². The average molecular weight is 424 g/mol. The van der Waals surface area contributed by atoms with Crippen LogP contribution in [0.3, 0.4) is 0 Å². The second-order valence-corrected chi connectivity index (χ2v) is 7.97. The highest BCUT2D eigenvalue weighted by Gasteiger charge is 2.21. The number of carbonyl (C=O) groups is 1. The molecule has 1 saturated heterocycles. The first-order valence-corrected chi connectivity index (χ1v) is 10.4. The van der Waals surface area contributed by atoms with Gasteiger partial charge in [-0.1, -0.05) is 12.1 Å². The van der Waals surface area contributed by atoms with E-state index >= 15 is 0 Å². The number of amides is 1. The van der Waals surface area contributed by atoms with E-state index in [1.807, 2.05) is 24.3 Å². The van der Waals surface area contributed by atoms with Crippen LogP contribution >= 0.6 is 11.3 Å². The van der Waals surface area contributed by atoms with E-state index in [1.54, 1.807) is 6.20 Å². The Bertz CT molecular complexity index is 1210. The second kappa shape index (κ2) is 7.98. The zero-order valence-electron chi connectivity index (χ0n) is 16.3. The van der Waals surface area contributed by atoms with Crippen LogP contribution in [0.1, 0.15) is 0 Å². The number of hydrogen-bond acceptors (Lipinski definition) is 8. The van der Waals surface area contributed by atoms with Gasteiger partial charge < -0.3 is 19.7 Å². The SMILES string of the molecule is COCC(=O)Nc1cc2nc(-c3cccc4[nH]ncc34)nc(N3CCOCC3)c2s1. The Balaban J connectivity index is 1.64. The number of anilines is 2. The van der Waals surface area contributed by atoms with E-state index in [4.69, 9.17) is 19.4 Å². The first-order valence-electron chi connectivity index (χ1n) is 9.58. The third kappa shape index (κ3) is 3.49. The van der Waals surface area contributed by atoms with E-state index in [0.29, 0.717) is 19.0 Å². The lowest BCUT2D eigenvalue weighted by Crippen LogP contribution is -2.36. The van der Waals surface area contributed by atoms with E-state index in [-0.39, 0.29) is 12.5 Å². The van der Waals surface area contributed by atoms with Crippen molar-refractivity contribution in [1.82, 2.24) is 20.2 Å². The molecule has 0 atom stereocenters. The molecule has 0 saturated carbocycles. The summed E-state index contributed by atoms with van der Waals surface area (Å²) in [6.45, 7) is 2.82. The number of nitrogens with one attached hydrogen (secondary N) is 2. The number of fused-ring (bicyclic) bond motifs is 2. The van der Waals surface area contributed by atoms with Crippen LogP contribution in [0.25, 0.3) is 32.5 Å². The van der Waals surface area contributed by atoms with Crippen LogP contribution in [0.5, 0.6) is 0 Å². The molecular formula is C20H20N6O3S. The Labute approximate surface area is 176 Å². The van der Waals surface area contributed by atoms with Crippen molar-refractivity contribution >= 4 is 49.2 Å². The summed E-state index contributed by atoms with van der Waals surface area (Å²) in [4.78, 5) is 24.0. The minimum absolute atomic E-state index is 0.00395. The minimum atomic E-state index is -0.201. The molecule has 4 heterocycles. The molecule has 0 bridgehead atoms. The van der Waals surface area contributed by atoms with Gasteiger partial charge in [-0.15, -0.1) is 11.3 Å². The predicted molar refractivity (Wildman–Crippen MR) is 116 cm³/mol. The number of benzene rings is 1.